The third-order valence-corrected chi connectivity index (χ3v) is 1.68. The van der Waals surface area contributed by atoms with Gasteiger partial charge in [0.1, 0.15) is 0 Å². The molecule has 0 radical (unpaired) electrons. The van der Waals surface area contributed by atoms with E-state index in [0.29, 0.717) is 5.75 Å². The molecular formula is C3H7AlO2S. The van der Waals surface area contributed by atoms with Gasteiger partial charge in [-0.2, -0.15) is 0 Å². The summed E-state index contributed by atoms with van der Waals surface area (Å²) in [6.07, 6.45) is 0.800. The molecule has 0 amide bonds. The van der Waals surface area contributed by atoms with Gasteiger partial charge in [-0.3, -0.25) is 0 Å². The summed E-state index contributed by atoms with van der Waals surface area (Å²) < 4.78 is 19.5. The van der Waals surface area contributed by atoms with E-state index in [9.17, 15) is 8.42 Å². The van der Waals surface area contributed by atoms with E-state index in [2.05, 4.69) is 0 Å². The van der Waals surface area contributed by atoms with Crippen molar-refractivity contribution < 1.29 is 8.42 Å². The summed E-state index contributed by atoms with van der Waals surface area (Å²) in [5, 5.41) is 0.980. The van der Waals surface area contributed by atoms with Crippen LogP contribution < -0.4 is 0 Å². The Balaban J connectivity index is 2.98. The Bertz CT molecular complexity index is 91.1. The molecule has 0 aliphatic heterocycles. The van der Waals surface area contributed by atoms with E-state index in [0.717, 1.165) is 11.7 Å². The predicted molar refractivity (Wildman–Crippen MR) is 30.2 cm³/mol. The first kappa shape index (κ1) is 7.48. The molecule has 0 aromatic heterocycles. The fraction of sp³-hybridized carbons (Fsp3) is 1.00. The Morgan fingerprint density at radius 3 is 2.14 bits per heavy atom. The fourth-order valence-electron chi connectivity index (χ4n) is 0.220. The molecule has 0 saturated carbocycles. The van der Waals surface area contributed by atoms with Crippen molar-refractivity contribution in [1.82, 2.24) is 0 Å². The second kappa shape index (κ2) is 4.64. The van der Waals surface area contributed by atoms with E-state index < -0.39 is 10.7 Å². The summed E-state index contributed by atoms with van der Waals surface area (Å²) >= 11 is 1.80. The van der Waals surface area contributed by atoms with Gasteiger partial charge in [0, 0.05) is 0 Å². The van der Waals surface area contributed by atoms with Gasteiger partial charge in [-0.1, -0.05) is 0 Å². The maximum atomic E-state index is 9.76. The zero-order valence-corrected chi connectivity index (χ0v) is 6.28. The molecule has 0 N–H and O–H groups in total. The summed E-state index contributed by atoms with van der Waals surface area (Å²) in [6.45, 7) is 0. The molecule has 40 valence electrons. The van der Waals surface area contributed by atoms with Crippen molar-refractivity contribution in [2.45, 2.75) is 11.7 Å². The molecular weight excluding hydrogens is 127 g/mol. The van der Waals surface area contributed by atoms with E-state index >= 15 is 0 Å². The third-order valence-electron chi connectivity index (χ3n) is 0.561. The number of rotatable bonds is 3. The minimum atomic E-state index is -1.81. The molecule has 0 aromatic carbocycles. The first-order valence-corrected chi connectivity index (χ1v) is 4.37. The van der Waals surface area contributed by atoms with Gasteiger partial charge < -0.3 is 0 Å². The summed E-state index contributed by atoms with van der Waals surface area (Å²) in [6, 6.07) is 0. The maximum absolute atomic E-state index is 9.76. The van der Waals surface area contributed by atoms with Crippen LogP contribution in [0.25, 0.3) is 0 Å². The van der Waals surface area contributed by atoms with Gasteiger partial charge in [-0.05, 0) is 0 Å². The molecule has 0 bridgehead atoms. The molecule has 4 heteroatoms. The zero-order valence-electron chi connectivity index (χ0n) is 4.05. The van der Waals surface area contributed by atoms with E-state index in [-0.39, 0.29) is 0 Å². The molecule has 0 aliphatic rings. The van der Waals surface area contributed by atoms with Crippen LogP contribution in [0.15, 0.2) is 0 Å². The average Bonchev–Trinajstić information content (AvgIpc) is 1.61. The van der Waals surface area contributed by atoms with Gasteiger partial charge in [0.05, 0.1) is 0 Å². The Morgan fingerprint density at radius 2 is 2.00 bits per heavy atom. The van der Waals surface area contributed by atoms with E-state index in [1.807, 2.05) is 0 Å². The van der Waals surface area contributed by atoms with Crippen LogP contribution in [0.5, 0.6) is 0 Å². The van der Waals surface area contributed by atoms with Crippen LogP contribution >= 0.6 is 0 Å². The quantitative estimate of drug-likeness (QED) is 0.402. The predicted octanol–water partition coefficient (Wildman–Crippen LogP) is 0.00490. The minimum absolute atomic E-state index is 0.323. The number of hydrogen-bond acceptors (Lipinski definition) is 3. The molecule has 0 spiro atoms. The van der Waals surface area contributed by atoms with Gasteiger partial charge in [-0.15, -0.1) is 0 Å². The van der Waals surface area contributed by atoms with Gasteiger partial charge in [0.2, 0.25) is 0 Å². The third kappa shape index (κ3) is 6.48. The van der Waals surface area contributed by atoms with Crippen LogP contribution in [-0.4, -0.2) is 22.0 Å². The first-order valence-electron chi connectivity index (χ1n) is 2.12. The van der Waals surface area contributed by atoms with Crippen molar-refractivity contribution in [3.63, 3.8) is 0 Å². The molecule has 0 heterocycles. The van der Waals surface area contributed by atoms with Crippen molar-refractivity contribution >= 4 is 27.0 Å². The van der Waals surface area contributed by atoms with Crippen molar-refractivity contribution in [2.75, 3.05) is 5.75 Å². The summed E-state index contributed by atoms with van der Waals surface area (Å²) in [5.41, 5.74) is 0. The van der Waals surface area contributed by atoms with Gasteiger partial charge in [0.25, 0.3) is 0 Å². The van der Waals surface area contributed by atoms with E-state index in [1.165, 1.54) is 0 Å². The molecule has 0 saturated heterocycles. The number of hydrogen-bond donors (Lipinski definition) is 0. The van der Waals surface area contributed by atoms with Crippen LogP contribution in [0.3, 0.4) is 0 Å². The van der Waals surface area contributed by atoms with Crippen molar-refractivity contribution in [2.24, 2.45) is 0 Å². The molecule has 2 nitrogen and oxygen atoms in total. The summed E-state index contributed by atoms with van der Waals surface area (Å²) in [5.74, 6) is 0.323. The normalized spacial score (nSPS) is 9.71. The van der Waals surface area contributed by atoms with E-state index in [4.69, 9.17) is 0 Å². The molecule has 0 aliphatic carbocycles. The van der Waals surface area contributed by atoms with Crippen molar-refractivity contribution in [3.05, 3.63) is 0 Å². The monoisotopic (exact) mass is 134 g/mol. The first-order chi connectivity index (χ1) is 3.27. The Morgan fingerprint density at radius 1 is 1.43 bits per heavy atom. The molecule has 0 fully saturated rings. The second-order valence-corrected chi connectivity index (χ2v) is 2.94. The SMILES string of the molecule is O=[S-](=O)CC[CH2][AlH+]. The Labute approximate surface area is 53.3 Å². The van der Waals surface area contributed by atoms with Crippen molar-refractivity contribution in [1.29, 1.82) is 0 Å². The van der Waals surface area contributed by atoms with E-state index in [1.54, 1.807) is 16.3 Å². The molecule has 0 rings (SSSR count). The van der Waals surface area contributed by atoms with Gasteiger partial charge in [-0.25, -0.2) is 0 Å². The molecule has 0 unspecified atom stereocenters. The van der Waals surface area contributed by atoms with Crippen LogP contribution in [0.1, 0.15) is 6.42 Å². The van der Waals surface area contributed by atoms with Crippen LogP contribution in [-0.2, 0) is 19.1 Å². The average molecular weight is 134 g/mol. The standard InChI is InChI=1S/C3H6O2S.Al.H/c1-2-3-6(4)5;;/h1-3H2;;/q-1;+1;. The van der Waals surface area contributed by atoms with Crippen LogP contribution in [0.4, 0.5) is 0 Å². The second-order valence-electron chi connectivity index (χ2n) is 1.21. The van der Waals surface area contributed by atoms with Crippen molar-refractivity contribution in [3.8, 4) is 0 Å². The molecule has 0 atom stereocenters. The van der Waals surface area contributed by atoms with Gasteiger partial charge in [0.15, 0.2) is 0 Å². The Hall–Kier alpha value is 0.482. The van der Waals surface area contributed by atoms with Crippen LogP contribution in [0.2, 0.25) is 5.28 Å². The Kier molecular flexibility index (Phi) is 4.96. The molecule has 7 heavy (non-hydrogen) atoms. The summed E-state index contributed by atoms with van der Waals surface area (Å²) in [4.78, 5) is 0. The molecule has 0 aromatic rings. The topological polar surface area (TPSA) is 34.1 Å². The zero-order chi connectivity index (χ0) is 5.70. The van der Waals surface area contributed by atoms with Crippen LogP contribution in [0, 0.1) is 0 Å². The van der Waals surface area contributed by atoms with Gasteiger partial charge >= 0.3 is 52.9 Å². The summed E-state index contributed by atoms with van der Waals surface area (Å²) in [7, 11) is -1.81. The fourth-order valence-corrected chi connectivity index (χ4v) is 1.27.